The van der Waals surface area contributed by atoms with Gasteiger partial charge in [-0.1, -0.05) is 0 Å². The van der Waals surface area contributed by atoms with E-state index in [4.69, 9.17) is 15.9 Å². The third kappa shape index (κ3) is 1.49. The average Bonchev–Trinajstić information content (AvgIpc) is 2.28. The van der Waals surface area contributed by atoms with Gasteiger partial charge in [0.25, 0.3) is 0 Å². The largest absolute Gasteiger partial charge is 0.493 e. The molecule has 1 heterocycles. The first-order chi connectivity index (χ1) is 5.52. The summed E-state index contributed by atoms with van der Waals surface area (Å²) in [7, 11) is 0. The molecule has 0 aliphatic rings. The molecule has 68 valence electrons. The van der Waals surface area contributed by atoms with Crippen molar-refractivity contribution in [3.8, 4) is 5.88 Å². The Hall–Kier alpha value is -1.27. The van der Waals surface area contributed by atoms with Crippen molar-refractivity contribution in [1.82, 2.24) is 9.97 Å². The number of aromatic hydroxyl groups is 1. The Morgan fingerprint density at radius 3 is 2.42 bits per heavy atom. The lowest BCUT2D eigenvalue weighted by Gasteiger charge is -2.11. The zero-order valence-corrected chi connectivity index (χ0v) is 6.53. The first-order valence-electron chi connectivity index (χ1n) is 3.47. The summed E-state index contributed by atoms with van der Waals surface area (Å²) in [6, 6.07) is -0.788. The van der Waals surface area contributed by atoms with Gasteiger partial charge in [-0.3, -0.25) is 4.98 Å². The summed E-state index contributed by atoms with van der Waals surface area (Å²) in [6.45, 7) is 1.47. The standard InChI is InChI=1S/C6H11N3O3/c1-2(10)3(7)4-5(11)9-6(12)8-4/h2-3,10-11H,7H2,1H3,(H2,8,9,12)/t2-,3+/m0/s1. The highest BCUT2D eigenvalue weighted by Gasteiger charge is 2.18. The summed E-state index contributed by atoms with van der Waals surface area (Å²) >= 11 is 0. The lowest BCUT2D eigenvalue weighted by Crippen LogP contribution is -2.24. The van der Waals surface area contributed by atoms with E-state index in [2.05, 4.69) is 9.97 Å². The Kier molecular flexibility index (Phi) is 2.20. The number of aromatic nitrogens is 2. The van der Waals surface area contributed by atoms with E-state index in [-0.39, 0.29) is 11.6 Å². The Labute approximate surface area is 68.0 Å². The second-order valence-electron chi connectivity index (χ2n) is 2.61. The van der Waals surface area contributed by atoms with Crippen LogP contribution in [0.3, 0.4) is 0 Å². The molecule has 6 nitrogen and oxygen atoms in total. The van der Waals surface area contributed by atoms with Gasteiger partial charge in [0.05, 0.1) is 17.8 Å². The summed E-state index contributed by atoms with van der Waals surface area (Å²) < 4.78 is 0. The van der Waals surface area contributed by atoms with E-state index in [9.17, 15) is 4.79 Å². The summed E-state index contributed by atoms with van der Waals surface area (Å²) in [4.78, 5) is 15.0. The van der Waals surface area contributed by atoms with Crippen LogP contribution in [0.1, 0.15) is 18.7 Å². The summed E-state index contributed by atoms with van der Waals surface area (Å²) in [6.07, 6.45) is -0.831. The zero-order chi connectivity index (χ0) is 9.30. The van der Waals surface area contributed by atoms with Crippen molar-refractivity contribution in [3.63, 3.8) is 0 Å². The molecule has 2 atom stereocenters. The van der Waals surface area contributed by atoms with E-state index < -0.39 is 17.8 Å². The highest BCUT2D eigenvalue weighted by Crippen LogP contribution is 2.17. The van der Waals surface area contributed by atoms with Crippen LogP contribution in [-0.2, 0) is 0 Å². The number of aromatic amines is 2. The fourth-order valence-corrected chi connectivity index (χ4v) is 0.870. The Bertz CT molecular complexity index is 314. The van der Waals surface area contributed by atoms with Crippen LogP contribution in [0.4, 0.5) is 0 Å². The number of nitrogens with two attached hydrogens (primary N) is 1. The van der Waals surface area contributed by atoms with Gasteiger partial charge in [-0.15, -0.1) is 0 Å². The molecular weight excluding hydrogens is 162 g/mol. The van der Waals surface area contributed by atoms with E-state index in [1.165, 1.54) is 6.92 Å². The molecule has 1 aromatic heterocycles. The minimum atomic E-state index is -0.831. The van der Waals surface area contributed by atoms with Gasteiger partial charge < -0.3 is 20.9 Å². The van der Waals surface area contributed by atoms with Gasteiger partial charge in [0.1, 0.15) is 0 Å². The maximum absolute atomic E-state index is 10.6. The molecule has 0 spiro atoms. The third-order valence-electron chi connectivity index (χ3n) is 1.59. The molecule has 0 bridgehead atoms. The molecule has 0 unspecified atom stereocenters. The number of rotatable bonds is 2. The SMILES string of the molecule is C[C@H](O)[C@@H](N)c1[nH]c(=O)[nH]c1O. The molecule has 0 fully saturated rings. The van der Waals surface area contributed by atoms with Crippen molar-refractivity contribution in [2.24, 2.45) is 5.73 Å². The predicted octanol–water partition coefficient (Wildman–Crippen LogP) is -1.21. The van der Waals surface area contributed by atoms with Gasteiger partial charge in [0.15, 0.2) is 0 Å². The molecule has 0 radical (unpaired) electrons. The number of nitrogens with one attached hydrogen (secondary N) is 2. The maximum atomic E-state index is 10.6. The normalized spacial score (nSPS) is 15.9. The predicted molar refractivity (Wildman–Crippen MR) is 41.7 cm³/mol. The molecule has 6 heteroatoms. The van der Waals surface area contributed by atoms with E-state index in [0.29, 0.717) is 0 Å². The minimum absolute atomic E-state index is 0.120. The van der Waals surface area contributed by atoms with Crippen molar-refractivity contribution in [2.75, 3.05) is 0 Å². The number of hydrogen-bond acceptors (Lipinski definition) is 4. The van der Waals surface area contributed by atoms with E-state index >= 15 is 0 Å². The minimum Gasteiger partial charge on any atom is -0.493 e. The van der Waals surface area contributed by atoms with Crippen molar-refractivity contribution < 1.29 is 10.2 Å². The van der Waals surface area contributed by atoms with Gasteiger partial charge >= 0.3 is 5.69 Å². The topological polar surface area (TPSA) is 115 Å². The number of H-pyrrole nitrogens is 2. The molecule has 0 saturated heterocycles. The van der Waals surface area contributed by atoms with E-state index in [0.717, 1.165) is 0 Å². The zero-order valence-electron chi connectivity index (χ0n) is 6.53. The molecule has 0 aliphatic carbocycles. The Balaban J connectivity index is 3.02. The second-order valence-corrected chi connectivity index (χ2v) is 2.61. The van der Waals surface area contributed by atoms with Gasteiger partial charge in [-0.2, -0.15) is 0 Å². The van der Waals surface area contributed by atoms with Crippen molar-refractivity contribution >= 4 is 0 Å². The van der Waals surface area contributed by atoms with Crippen molar-refractivity contribution in [3.05, 3.63) is 16.2 Å². The maximum Gasteiger partial charge on any atom is 0.326 e. The van der Waals surface area contributed by atoms with Crippen LogP contribution in [0, 0.1) is 0 Å². The van der Waals surface area contributed by atoms with E-state index in [1.54, 1.807) is 0 Å². The fourth-order valence-electron chi connectivity index (χ4n) is 0.870. The molecule has 0 aromatic carbocycles. The number of aliphatic hydroxyl groups excluding tert-OH is 1. The Morgan fingerprint density at radius 1 is 1.50 bits per heavy atom. The highest BCUT2D eigenvalue weighted by atomic mass is 16.3. The average molecular weight is 173 g/mol. The molecule has 0 saturated carbocycles. The number of aliphatic hydroxyl groups is 1. The quantitative estimate of drug-likeness (QED) is 0.386. The van der Waals surface area contributed by atoms with Crippen LogP contribution in [0.25, 0.3) is 0 Å². The molecule has 0 aliphatic heterocycles. The molecule has 1 aromatic rings. The molecule has 1 rings (SSSR count). The van der Waals surface area contributed by atoms with Crippen LogP contribution >= 0.6 is 0 Å². The molecule has 12 heavy (non-hydrogen) atoms. The van der Waals surface area contributed by atoms with E-state index in [1.807, 2.05) is 0 Å². The van der Waals surface area contributed by atoms with Gasteiger partial charge in [-0.25, -0.2) is 4.79 Å². The van der Waals surface area contributed by atoms with Crippen LogP contribution < -0.4 is 11.4 Å². The smallest absolute Gasteiger partial charge is 0.326 e. The van der Waals surface area contributed by atoms with Crippen LogP contribution in [0.15, 0.2) is 4.79 Å². The first-order valence-corrected chi connectivity index (χ1v) is 3.47. The lowest BCUT2D eigenvalue weighted by molar-refractivity contribution is 0.161. The monoisotopic (exact) mass is 173 g/mol. The summed E-state index contributed by atoms with van der Waals surface area (Å²) in [5.41, 5.74) is 5.03. The van der Waals surface area contributed by atoms with Crippen LogP contribution in [0.5, 0.6) is 5.88 Å². The van der Waals surface area contributed by atoms with Gasteiger partial charge in [-0.05, 0) is 6.92 Å². The van der Waals surface area contributed by atoms with Gasteiger partial charge in [0.2, 0.25) is 5.88 Å². The first kappa shape index (κ1) is 8.82. The Morgan fingerprint density at radius 2 is 2.08 bits per heavy atom. The fraction of sp³-hybridized carbons (Fsp3) is 0.500. The second kappa shape index (κ2) is 3.00. The van der Waals surface area contributed by atoms with Gasteiger partial charge in [0, 0.05) is 0 Å². The van der Waals surface area contributed by atoms with Crippen molar-refractivity contribution in [2.45, 2.75) is 19.1 Å². The van der Waals surface area contributed by atoms with Crippen molar-refractivity contribution in [1.29, 1.82) is 0 Å². The molecule has 6 N–H and O–H groups in total. The highest BCUT2D eigenvalue weighted by molar-refractivity contribution is 5.20. The number of imidazole rings is 1. The lowest BCUT2D eigenvalue weighted by atomic mass is 10.1. The molecule has 0 amide bonds. The van der Waals surface area contributed by atoms with Crippen LogP contribution in [0.2, 0.25) is 0 Å². The number of hydrogen-bond donors (Lipinski definition) is 5. The summed E-state index contributed by atoms with van der Waals surface area (Å²) in [5, 5.41) is 18.1. The molecular formula is C6H11N3O3. The third-order valence-corrected chi connectivity index (χ3v) is 1.59. The van der Waals surface area contributed by atoms with Crippen LogP contribution in [-0.4, -0.2) is 26.3 Å². The summed E-state index contributed by atoms with van der Waals surface area (Å²) in [5.74, 6) is -0.326.